The first-order chi connectivity index (χ1) is 18.4. The van der Waals surface area contributed by atoms with Gasteiger partial charge in [0, 0.05) is 46.9 Å². The van der Waals surface area contributed by atoms with Gasteiger partial charge in [0.15, 0.2) is 0 Å². The summed E-state index contributed by atoms with van der Waals surface area (Å²) >= 11 is 0. The van der Waals surface area contributed by atoms with Gasteiger partial charge in [0.05, 0.1) is 7.11 Å². The Morgan fingerprint density at radius 1 is 0.974 bits per heavy atom. The van der Waals surface area contributed by atoms with Gasteiger partial charge in [-0.1, -0.05) is 48.5 Å². The van der Waals surface area contributed by atoms with Crippen LogP contribution in [0.2, 0.25) is 0 Å². The Bertz CT molecular complexity index is 1490. The Balaban J connectivity index is 1.35. The molecule has 8 heteroatoms. The number of ether oxygens (including phenoxy) is 1. The molecular weight excluding hydrogens is 480 g/mol. The van der Waals surface area contributed by atoms with E-state index in [0.29, 0.717) is 5.56 Å². The summed E-state index contributed by atoms with van der Waals surface area (Å²) in [5.41, 5.74) is 4.38. The number of aromatic amines is 1. The van der Waals surface area contributed by atoms with E-state index in [9.17, 15) is 14.4 Å². The monoisotopic (exact) mass is 510 g/mol. The van der Waals surface area contributed by atoms with Gasteiger partial charge in [0.25, 0.3) is 5.91 Å². The number of anilines is 1. The fourth-order valence-electron chi connectivity index (χ4n) is 5.11. The molecule has 0 fully saturated rings. The van der Waals surface area contributed by atoms with Crippen molar-refractivity contribution in [2.45, 2.75) is 31.8 Å². The molecule has 3 aromatic carbocycles. The van der Waals surface area contributed by atoms with Crippen LogP contribution in [0.25, 0.3) is 10.9 Å². The molecule has 5 rings (SSSR count). The number of hydrogen-bond acceptors (Lipinski definition) is 4. The summed E-state index contributed by atoms with van der Waals surface area (Å²) in [6.07, 6.45) is 1.93. The Morgan fingerprint density at radius 3 is 2.42 bits per heavy atom. The molecular formula is C30H30N4O4. The van der Waals surface area contributed by atoms with E-state index < -0.39 is 17.9 Å². The van der Waals surface area contributed by atoms with Gasteiger partial charge in [-0.25, -0.2) is 0 Å². The molecule has 8 nitrogen and oxygen atoms in total. The molecule has 1 aliphatic heterocycles. The summed E-state index contributed by atoms with van der Waals surface area (Å²) in [7, 11) is 1.61. The highest BCUT2D eigenvalue weighted by atomic mass is 16.5. The second-order valence-electron chi connectivity index (χ2n) is 9.59. The minimum atomic E-state index is -0.905. The van der Waals surface area contributed by atoms with Crippen LogP contribution in [0, 0.1) is 0 Å². The highest BCUT2D eigenvalue weighted by molar-refractivity contribution is 6.35. The molecule has 0 saturated heterocycles. The molecule has 0 radical (unpaired) electrons. The van der Waals surface area contributed by atoms with Crippen LogP contribution in [-0.2, 0) is 14.4 Å². The van der Waals surface area contributed by atoms with E-state index in [1.54, 1.807) is 18.1 Å². The second-order valence-corrected chi connectivity index (χ2v) is 9.59. The molecule has 0 saturated carbocycles. The van der Waals surface area contributed by atoms with E-state index in [1.807, 2.05) is 86.8 Å². The predicted molar refractivity (Wildman–Crippen MR) is 146 cm³/mol. The number of amides is 3. The molecule has 3 amide bonds. The number of carbonyl (C=O) groups is 3. The van der Waals surface area contributed by atoms with E-state index >= 15 is 0 Å². The van der Waals surface area contributed by atoms with Gasteiger partial charge in [0.2, 0.25) is 0 Å². The van der Waals surface area contributed by atoms with Crippen LogP contribution in [0.15, 0.2) is 79.0 Å². The number of aromatic nitrogens is 1. The maximum absolute atomic E-state index is 13.1. The Kier molecular flexibility index (Phi) is 6.87. The maximum atomic E-state index is 13.1. The van der Waals surface area contributed by atoms with Gasteiger partial charge in [-0.2, -0.15) is 0 Å². The van der Waals surface area contributed by atoms with Gasteiger partial charge < -0.3 is 25.3 Å². The summed E-state index contributed by atoms with van der Waals surface area (Å²) in [4.78, 5) is 44.0. The molecule has 194 valence electrons. The number of para-hydroxylation sites is 2. The van der Waals surface area contributed by atoms with Crippen molar-refractivity contribution in [1.82, 2.24) is 15.6 Å². The first-order valence-electron chi connectivity index (χ1n) is 12.6. The van der Waals surface area contributed by atoms with E-state index in [4.69, 9.17) is 4.74 Å². The van der Waals surface area contributed by atoms with Crippen molar-refractivity contribution in [3.8, 4) is 5.75 Å². The van der Waals surface area contributed by atoms with E-state index in [1.165, 1.54) is 0 Å². The van der Waals surface area contributed by atoms with E-state index in [0.717, 1.165) is 33.5 Å². The number of carbonyl (C=O) groups excluding carboxylic acids is 3. The third kappa shape index (κ3) is 4.61. The summed E-state index contributed by atoms with van der Waals surface area (Å²) in [6.45, 7) is 4.01. The molecule has 1 aromatic heterocycles. The number of methoxy groups -OCH3 is 1. The average molecular weight is 511 g/mol. The third-order valence-electron chi connectivity index (χ3n) is 6.97. The zero-order chi connectivity index (χ0) is 26.8. The van der Waals surface area contributed by atoms with Crippen molar-refractivity contribution in [3.05, 3.63) is 95.7 Å². The molecule has 1 aliphatic rings. The molecule has 3 N–H and O–H groups in total. The van der Waals surface area contributed by atoms with Crippen LogP contribution >= 0.6 is 0 Å². The number of hydrogen-bond donors (Lipinski definition) is 3. The highest BCUT2D eigenvalue weighted by Crippen LogP contribution is 2.37. The smallest absolute Gasteiger partial charge is 0.310 e. The average Bonchev–Trinajstić information content (AvgIpc) is 3.48. The first-order valence-corrected chi connectivity index (χ1v) is 12.6. The molecule has 38 heavy (non-hydrogen) atoms. The van der Waals surface area contributed by atoms with Crippen LogP contribution in [0.1, 0.15) is 42.5 Å². The van der Waals surface area contributed by atoms with Crippen LogP contribution in [0.5, 0.6) is 5.75 Å². The molecule has 2 unspecified atom stereocenters. The molecule has 4 aromatic rings. The normalized spacial score (nSPS) is 15.4. The minimum absolute atomic E-state index is 0.0826. The van der Waals surface area contributed by atoms with Crippen LogP contribution in [0.3, 0.4) is 0 Å². The number of nitrogens with zero attached hydrogens (tertiary/aromatic N) is 1. The lowest BCUT2D eigenvalue weighted by Gasteiger charge is -2.22. The summed E-state index contributed by atoms with van der Waals surface area (Å²) in [5, 5.41) is 6.47. The number of fused-ring (bicyclic) bond motifs is 2. The summed E-state index contributed by atoms with van der Waals surface area (Å²) < 4.78 is 5.30. The SMILES string of the molecule is COc1ccc(C(CNC(=O)C(=O)NC2C(=O)N(C(C)C)c3ccccc32)c2c[nH]c3ccccc23)cc1. The number of rotatable bonds is 7. The number of benzene rings is 3. The predicted octanol–water partition coefficient (Wildman–Crippen LogP) is 4.04. The number of H-pyrrole nitrogens is 1. The van der Waals surface area contributed by atoms with Gasteiger partial charge in [-0.3, -0.25) is 14.4 Å². The minimum Gasteiger partial charge on any atom is -0.497 e. The van der Waals surface area contributed by atoms with Gasteiger partial charge in [0.1, 0.15) is 11.8 Å². The lowest BCUT2D eigenvalue weighted by atomic mass is 9.90. The van der Waals surface area contributed by atoms with Crippen molar-refractivity contribution < 1.29 is 19.1 Å². The zero-order valence-corrected chi connectivity index (χ0v) is 21.5. The summed E-state index contributed by atoms with van der Waals surface area (Å²) in [6, 6.07) is 21.9. The largest absolute Gasteiger partial charge is 0.497 e. The van der Waals surface area contributed by atoms with Crippen molar-refractivity contribution in [1.29, 1.82) is 0 Å². The van der Waals surface area contributed by atoms with Gasteiger partial charge >= 0.3 is 11.8 Å². The standard InChI is InChI=1S/C30H30N4O4/c1-18(2)34-26-11-7-5-9-22(26)27(30(34)37)33-29(36)28(35)32-16-23(19-12-14-20(38-3)15-13-19)24-17-31-25-10-6-4-8-21(24)25/h4-15,17-18,23,27,31H,16H2,1-3H3,(H,32,35)(H,33,36). The van der Waals surface area contributed by atoms with Gasteiger partial charge in [-0.05, 0) is 49.2 Å². The van der Waals surface area contributed by atoms with Crippen LogP contribution in [-0.4, -0.2) is 42.4 Å². The second kappa shape index (κ2) is 10.4. The van der Waals surface area contributed by atoms with E-state index in [2.05, 4.69) is 15.6 Å². The molecule has 2 atom stereocenters. The lowest BCUT2D eigenvalue weighted by Crippen LogP contribution is -2.46. The Hall–Kier alpha value is -4.59. The van der Waals surface area contributed by atoms with Crippen molar-refractivity contribution >= 4 is 34.3 Å². The highest BCUT2D eigenvalue weighted by Gasteiger charge is 2.40. The van der Waals surface area contributed by atoms with Gasteiger partial charge in [-0.15, -0.1) is 0 Å². The zero-order valence-electron chi connectivity index (χ0n) is 21.5. The Labute approximate surface area is 221 Å². The van der Waals surface area contributed by atoms with E-state index in [-0.39, 0.29) is 24.4 Å². The quantitative estimate of drug-likeness (QED) is 0.327. The Morgan fingerprint density at radius 2 is 1.68 bits per heavy atom. The fraction of sp³-hybridized carbons (Fsp3) is 0.233. The summed E-state index contributed by atoms with van der Waals surface area (Å²) in [5.74, 6) is -1.39. The number of nitrogens with one attached hydrogen (secondary N) is 3. The molecule has 0 bridgehead atoms. The first kappa shape index (κ1) is 25.1. The van der Waals surface area contributed by atoms with Crippen LogP contribution < -0.4 is 20.3 Å². The van der Waals surface area contributed by atoms with Crippen molar-refractivity contribution in [2.24, 2.45) is 0 Å². The maximum Gasteiger partial charge on any atom is 0.310 e. The molecule has 0 aliphatic carbocycles. The fourth-order valence-corrected chi connectivity index (χ4v) is 5.11. The molecule has 2 heterocycles. The molecule has 0 spiro atoms. The van der Waals surface area contributed by atoms with Crippen molar-refractivity contribution in [3.63, 3.8) is 0 Å². The lowest BCUT2D eigenvalue weighted by molar-refractivity contribution is -0.140. The van der Waals surface area contributed by atoms with Crippen LogP contribution in [0.4, 0.5) is 5.69 Å². The third-order valence-corrected chi connectivity index (χ3v) is 6.97. The topological polar surface area (TPSA) is 104 Å². The van der Waals surface area contributed by atoms with Crippen molar-refractivity contribution in [2.75, 3.05) is 18.6 Å².